The van der Waals surface area contributed by atoms with Gasteiger partial charge in [-0.3, -0.25) is 9.89 Å². The van der Waals surface area contributed by atoms with Gasteiger partial charge in [0.15, 0.2) is 5.69 Å². The molecule has 1 N–H and O–H groups in total. The summed E-state index contributed by atoms with van der Waals surface area (Å²) in [5.41, 5.74) is 4.24. The quantitative estimate of drug-likeness (QED) is 0.695. The number of likely N-dealkylation sites (tertiary alicyclic amines) is 1. The average molecular weight is 391 g/mol. The zero-order valence-corrected chi connectivity index (χ0v) is 17.4. The highest BCUT2D eigenvalue weighted by Crippen LogP contribution is 2.21. The summed E-state index contributed by atoms with van der Waals surface area (Å²) >= 11 is 0. The first-order valence-corrected chi connectivity index (χ1v) is 10.6. The van der Waals surface area contributed by atoms with Gasteiger partial charge < -0.3 is 9.80 Å². The van der Waals surface area contributed by atoms with E-state index in [1.54, 1.807) is 0 Å². The third kappa shape index (κ3) is 4.51. The summed E-state index contributed by atoms with van der Waals surface area (Å²) in [4.78, 5) is 17.4. The van der Waals surface area contributed by atoms with Crippen LogP contribution in [0.2, 0.25) is 0 Å². The van der Waals surface area contributed by atoms with E-state index in [-0.39, 0.29) is 5.91 Å². The van der Waals surface area contributed by atoms with Crippen LogP contribution >= 0.6 is 0 Å². The molecular formula is C24H30N4O. The normalized spacial score (nSPS) is 17.5. The van der Waals surface area contributed by atoms with Crippen molar-refractivity contribution in [3.05, 3.63) is 65.4 Å². The number of carbonyl (C=O) groups excluding carboxylic acids is 1. The van der Waals surface area contributed by atoms with Crippen LogP contribution in [-0.4, -0.2) is 59.1 Å². The van der Waals surface area contributed by atoms with E-state index in [1.807, 2.05) is 36.2 Å². The Bertz CT molecular complexity index is 980. The fourth-order valence-corrected chi connectivity index (χ4v) is 4.45. The van der Waals surface area contributed by atoms with E-state index in [0.29, 0.717) is 11.6 Å². The summed E-state index contributed by atoms with van der Waals surface area (Å²) in [6, 6.07) is 16.4. The minimum absolute atomic E-state index is 0.000478. The van der Waals surface area contributed by atoms with Gasteiger partial charge in [0.2, 0.25) is 0 Å². The number of fused-ring (bicyclic) bond motifs is 1. The van der Waals surface area contributed by atoms with E-state index in [4.69, 9.17) is 0 Å². The molecule has 1 fully saturated rings. The number of aromatic amines is 1. The maximum Gasteiger partial charge on any atom is 0.274 e. The number of benzene rings is 2. The van der Waals surface area contributed by atoms with Crippen LogP contribution in [0.5, 0.6) is 0 Å². The predicted octanol–water partition coefficient (Wildman–Crippen LogP) is 3.90. The van der Waals surface area contributed by atoms with E-state index >= 15 is 0 Å². The van der Waals surface area contributed by atoms with Gasteiger partial charge in [-0.1, -0.05) is 42.5 Å². The number of hydrogen-bond acceptors (Lipinski definition) is 3. The summed E-state index contributed by atoms with van der Waals surface area (Å²) in [5, 5.41) is 8.13. The third-order valence-corrected chi connectivity index (χ3v) is 6.11. The molecule has 0 spiro atoms. The molecule has 1 aromatic heterocycles. The Morgan fingerprint density at radius 2 is 2.00 bits per heavy atom. The Morgan fingerprint density at radius 1 is 1.21 bits per heavy atom. The number of nitrogens with zero attached hydrogens (tertiary/aromatic N) is 3. The minimum atomic E-state index is -0.000478. The monoisotopic (exact) mass is 390 g/mol. The first-order valence-electron chi connectivity index (χ1n) is 10.6. The number of H-pyrrole nitrogens is 1. The fraction of sp³-hybridized carbons (Fsp3) is 0.417. The van der Waals surface area contributed by atoms with Crippen LogP contribution in [-0.2, 0) is 6.42 Å². The second-order valence-corrected chi connectivity index (χ2v) is 8.29. The molecule has 0 saturated carbocycles. The zero-order valence-electron chi connectivity index (χ0n) is 17.4. The first-order chi connectivity index (χ1) is 14.1. The second-order valence-electron chi connectivity index (χ2n) is 8.29. The number of piperidine rings is 1. The highest BCUT2D eigenvalue weighted by Gasteiger charge is 2.24. The number of rotatable bonds is 6. The molecule has 0 aliphatic carbocycles. The van der Waals surface area contributed by atoms with Gasteiger partial charge >= 0.3 is 0 Å². The molecule has 0 radical (unpaired) electrons. The molecular weight excluding hydrogens is 360 g/mol. The number of hydrogen-bond donors (Lipinski definition) is 1. The van der Waals surface area contributed by atoms with Gasteiger partial charge in [0, 0.05) is 32.1 Å². The van der Waals surface area contributed by atoms with Crippen LogP contribution in [0.3, 0.4) is 0 Å². The van der Waals surface area contributed by atoms with Crippen LogP contribution in [0.1, 0.15) is 34.5 Å². The molecule has 0 unspecified atom stereocenters. The molecule has 1 saturated heterocycles. The Hall–Kier alpha value is -2.66. The number of carbonyl (C=O) groups is 1. The van der Waals surface area contributed by atoms with Crippen molar-refractivity contribution < 1.29 is 4.79 Å². The van der Waals surface area contributed by atoms with E-state index in [0.717, 1.165) is 43.5 Å². The molecule has 1 amide bonds. The minimum Gasteiger partial charge on any atom is -0.340 e. The molecule has 4 rings (SSSR count). The molecule has 29 heavy (non-hydrogen) atoms. The maximum absolute atomic E-state index is 13.0. The van der Waals surface area contributed by atoms with Gasteiger partial charge in [-0.05, 0) is 55.8 Å². The Labute approximate surface area is 172 Å². The van der Waals surface area contributed by atoms with Crippen LogP contribution in [0.25, 0.3) is 10.9 Å². The molecule has 5 heteroatoms. The van der Waals surface area contributed by atoms with Gasteiger partial charge in [0.05, 0.1) is 5.52 Å². The molecule has 152 valence electrons. The lowest BCUT2D eigenvalue weighted by atomic mass is 9.96. The van der Waals surface area contributed by atoms with Crippen LogP contribution in [0, 0.1) is 12.8 Å². The van der Waals surface area contributed by atoms with Gasteiger partial charge in [-0.2, -0.15) is 5.10 Å². The topological polar surface area (TPSA) is 52.2 Å². The smallest absolute Gasteiger partial charge is 0.274 e. The third-order valence-electron chi connectivity index (χ3n) is 6.11. The summed E-state index contributed by atoms with van der Waals surface area (Å²) < 4.78 is 0. The van der Waals surface area contributed by atoms with Crippen molar-refractivity contribution in [3.63, 3.8) is 0 Å². The second kappa shape index (κ2) is 8.78. The van der Waals surface area contributed by atoms with Gasteiger partial charge in [0.1, 0.15) is 0 Å². The zero-order chi connectivity index (χ0) is 20.2. The molecule has 3 aromatic rings. The lowest BCUT2D eigenvalue weighted by molar-refractivity contribution is 0.0726. The van der Waals surface area contributed by atoms with Crippen LogP contribution in [0.4, 0.5) is 0 Å². The summed E-state index contributed by atoms with van der Waals surface area (Å²) in [7, 11) is 1.90. The number of nitrogens with one attached hydrogen (secondary N) is 1. The van der Waals surface area contributed by atoms with Gasteiger partial charge in [0.25, 0.3) is 5.91 Å². The van der Waals surface area contributed by atoms with Crippen molar-refractivity contribution in [3.8, 4) is 0 Å². The molecule has 0 bridgehead atoms. The fourth-order valence-electron chi connectivity index (χ4n) is 4.45. The molecule has 2 aromatic carbocycles. The molecule has 1 aliphatic rings. The van der Waals surface area contributed by atoms with Gasteiger partial charge in [-0.25, -0.2) is 0 Å². The molecule has 1 aliphatic heterocycles. The number of aryl methyl sites for hydroxylation is 1. The van der Waals surface area contributed by atoms with E-state index < -0.39 is 0 Å². The SMILES string of the molecule is Cc1ccccc1CCN1CCC[C@@H](CN(C)C(=O)c2n[nH]c3ccccc23)C1. The molecule has 1 atom stereocenters. The summed E-state index contributed by atoms with van der Waals surface area (Å²) in [6.07, 6.45) is 3.47. The lowest BCUT2D eigenvalue weighted by Crippen LogP contribution is -2.42. The standard InChI is InChI=1S/C24H30N4O/c1-18-8-3-4-10-20(18)13-15-28-14-7-9-19(17-28)16-27(2)24(29)23-21-11-5-6-12-22(21)25-26-23/h3-6,8,10-12,19H,7,9,13-17H2,1-2H3,(H,25,26)/t19-/m0/s1. The summed E-state index contributed by atoms with van der Waals surface area (Å²) in [5.74, 6) is 0.513. The van der Waals surface area contributed by atoms with E-state index in [2.05, 4.69) is 46.3 Å². The Morgan fingerprint density at radius 3 is 2.86 bits per heavy atom. The molecule has 5 nitrogen and oxygen atoms in total. The van der Waals surface area contributed by atoms with Crippen molar-refractivity contribution in [2.75, 3.05) is 33.2 Å². The van der Waals surface area contributed by atoms with Crippen molar-refractivity contribution in [2.45, 2.75) is 26.2 Å². The number of amides is 1. The van der Waals surface area contributed by atoms with Crippen molar-refractivity contribution in [1.82, 2.24) is 20.0 Å². The van der Waals surface area contributed by atoms with Crippen LogP contribution < -0.4 is 0 Å². The van der Waals surface area contributed by atoms with Gasteiger partial charge in [-0.15, -0.1) is 0 Å². The van der Waals surface area contributed by atoms with Crippen LogP contribution in [0.15, 0.2) is 48.5 Å². The van der Waals surface area contributed by atoms with E-state index in [1.165, 1.54) is 24.0 Å². The average Bonchev–Trinajstić information content (AvgIpc) is 3.17. The Balaban J connectivity index is 1.34. The molecule has 2 heterocycles. The highest BCUT2D eigenvalue weighted by atomic mass is 16.2. The first kappa shape index (κ1) is 19.6. The maximum atomic E-state index is 13.0. The lowest BCUT2D eigenvalue weighted by Gasteiger charge is -2.34. The summed E-state index contributed by atoms with van der Waals surface area (Å²) in [6.45, 7) is 6.27. The van der Waals surface area contributed by atoms with Crippen molar-refractivity contribution in [1.29, 1.82) is 0 Å². The van der Waals surface area contributed by atoms with Crippen molar-refractivity contribution >= 4 is 16.8 Å². The van der Waals surface area contributed by atoms with Crippen molar-refractivity contribution in [2.24, 2.45) is 5.92 Å². The Kier molecular flexibility index (Phi) is 5.95. The number of aromatic nitrogens is 2. The predicted molar refractivity (Wildman–Crippen MR) is 117 cm³/mol. The number of para-hydroxylation sites is 1. The van der Waals surface area contributed by atoms with E-state index in [9.17, 15) is 4.79 Å². The largest absolute Gasteiger partial charge is 0.340 e. The highest BCUT2D eigenvalue weighted by molar-refractivity contribution is 6.04.